The molecule has 2 atom stereocenters. The molecule has 2 aliphatic heterocycles. The summed E-state index contributed by atoms with van der Waals surface area (Å²) in [7, 11) is 0. The minimum atomic E-state index is -1.66. The molecule has 2 heterocycles. The first kappa shape index (κ1) is 18.6. The quantitative estimate of drug-likeness (QED) is 0.728. The molecule has 142 valence electrons. The third-order valence-corrected chi connectivity index (χ3v) is 6.44. The van der Waals surface area contributed by atoms with E-state index in [-0.39, 0.29) is 17.8 Å². The highest BCUT2D eigenvalue weighted by Crippen LogP contribution is 2.45. The van der Waals surface area contributed by atoms with E-state index in [1.807, 2.05) is 6.92 Å². The van der Waals surface area contributed by atoms with E-state index in [0.29, 0.717) is 51.5 Å². The van der Waals surface area contributed by atoms with Gasteiger partial charge in [0, 0.05) is 38.1 Å². The van der Waals surface area contributed by atoms with Crippen molar-refractivity contribution in [2.45, 2.75) is 64.6 Å². The number of nitrogens with zero attached hydrogens (tertiary/aromatic N) is 2. The Morgan fingerprint density at radius 2 is 1.92 bits per heavy atom. The highest BCUT2D eigenvalue weighted by molar-refractivity contribution is 5.86. The van der Waals surface area contributed by atoms with Gasteiger partial charge in [-0.2, -0.15) is 0 Å². The van der Waals surface area contributed by atoms with Crippen LogP contribution in [0.15, 0.2) is 0 Å². The number of fused-ring (bicyclic) bond motifs is 1. The molecule has 0 N–H and O–H groups in total. The van der Waals surface area contributed by atoms with Crippen LogP contribution in [0.4, 0.5) is 4.39 Å². The van der Waals surface area contributed by atoms with Gasteiger partial charge in [0.15, 0.2) is 5.67 Å². The molecule has 3 aliphatic rings. The maximum absolute atomic E-state index is 14.6. The van der Waals surface area contributed by atoms with Crippen LogP contribution in [0.2, 0.25) is 0 Å². The number of halogens is 1. The number of rotatable bonds is 4. The van der Waals surface area contributed by atoms with Crippen LogP contribution in [0.5, 0.6) is 0 Å². The lowest BCUT2D eigenvalue weighted by atomic mass is 9.75. The van der Waals surface area contributed by atoms with Gasteiger partial charge >= 0.3 is 5.97 Å². The van der Waals surface area contributed by atoms with Crippen molar-refractivity contribution in [3.05, 3.63) is 0 Å². The summed E-state index contributed by atoms with van der Waals surface area (Å²) in [6, 6.07) is 0.335. The molecule has 1 saturated carbocycles. The van der Waals surface area contributed by atoms with E-state index in [0.717, 1.165) is 19.4 Å². The van der Waals surface area contributed by atoms with Crippen molar-refractivity contribution in [2.75, 3.05) is 32.8 Å². The topological polar surface area (TPSA) is 49.9 Å². The predicted octanol–water partition coefficient (Wildman–Crippen LogP) is 2.39. The third-order valence-electron chi connectivity index (χ3n) is 6.44. The summed E-state index contributed by atoms with van der Waals surface area (Å²) in [5.74, 6) is -0.485. The number of esters is 1. The molecule has 0 unspecified atom stereocenters. The van der Waals surface area contributed by atoms with Crippen molar-refractivity contribution in [3.63, 3.8) is 0 Å². The molecule has 5 nitrogen and oxygen atoms in total. The van der Waals surface area contributed by atoms with Gasteiger partial charge in [-0.15, -0.1) is 0 Å². The second-order valence-electron chi connectivity index (χ2n) is 8.27. The average molecular weight is 354 g/mol. The molecule has 0 aromatic carbocycles. The smallest absolute Gasteiger partial charge is 0.313 e. The zero-order valence-electron chi connectivity index (χ0n) is 15.7. The van der Waals surface area contributed by atoms with Crippen LogP contribution in [0.3, 0.4) is 0 Å². The van der Waals surface area contributed by atoms with Crippen molar-refractivity contribution in [3.8, 4) is 0 Å². The van der Waals surface area contributed by atoms with E-state index < -0.39 is 11.1 Å². The highest BCUT2D eigenvalue weighted by atomic mass is 19.1. The summed E-state index contributed by atoms with van der Waals surface area (Å²) in [5.41, 5.74) is -2.22. The van der Waals surface area contributed by atoms with Gasteiger partial charge in [0.2, 0.25) is 0 Å². The van der Waals surface area contributed by atoms with Gasteiger partial charge in [-0.3, -0.25) is 14.5 Å². The van der Waals surface area contributed by atoms with Crippen molar-refractivity contribution >= 4 is 11.9 Å². The Morgan fingerprint density at radius 3 is 2.48 bits per heavy atom. The molecular weight excluding hydrogens is 323 g/mol. The summed E-state index contributed by atoms with van der Waals surface area (Å²) in [5, 5.41) is 0. The van der Waals surface area contributed by atoms with Crippen molar-refractivity contribution < 1.29 is 18.7 Å². The van der Waals surface area contributed by atoms with E-state index in [1.165, 1.54) is 0 Å². The van der Waals surface area contributed by atoms with E-state index in [4.69, 9.17) is 4.74 Å². The Morgan fingerprint density at radius 1 is 1.20 bits per heavy atom. The lowest BCUT2D eigenvalue weighted by Gasteiger charge is -2.38. The van der Waals surface area contributed by atoms with Crippen LogP contribution in [0.1, 0.15) is 52.9 Å². The molecule has 0 aromatic rings. The number of amides is 1. The van der Waals surface area contributed by atoms with Gasteiger partial charge in [0.1, 0.15) is 0 Å². The second-order valence-corrected chi connectivity index (χ2v) is 8.27. The predicted molar refractivity (Wildman–Crippen MR) is 92.8 cm³/mol. The number of hydrogen-bond donors (Lipinski definition) is 0. The van der Waals surface area contributed by atoms with Gasteiger partial charge in [0.25, 0.3) is 5.91 Å². The number of likely N-dealkylation sites (tertiary alicyclic amines) is 2. The van der Waals surface area contributed by atoms with E-state index in [1.54, 1.807) is 4.90 Å². The molecule has 0 spiro atoms. The van der Waals surface area contributed by atoms with Crippen LogP contribution in [0, 0.1) is 11.3 Å². The molecule has 3 rings (SSSR count). The van der Waals surface area contributed by atoms with Crippen molar-refractivity contribution in [1.29, 1.82) is 0 Å². The molecule has 3 fully saturated rings. The Labute approximate surface area is 149 Å². The number of carbonyl (C=O) groups is 2. The Kier molecular flexibility index (Phi) is 5.11. The van der Waals surface area contributed by atoms with Crippen molar-refractivity contribution in [2.24, 2.45) is 11.3 Å². The minimum absolute atomic E-state index is 0.0177. The number of ether oxygens (including phenoxy) is 1. The van der Waals surface area contributed by atoms with Gasteiger partial charge in [-0.05, 0) is 52.9 Å². The Balaban J connectivity index is 1.82. The summed E-state index contributed by atoms with van der Waals surface area (Å²) < 4.78 is 20.1. The Hall–Kier alpha value is -1.17. The fourth-order valence-corrected chi connectivity index (χ4v) is 4.64. The van der Waals surface area contributed by atoms with E-state index in [2.05, 4.69) is 18.7 Å². The van der Waals surface area contributed by atoms with Crippen LogP contribution < -0.4 is 0 Å². The lowest BCUT2D eigenvalue weighted by Crippen LogP contribution is -2.52. The number of carbonyl (C=O) groups excluding carboxylic acids is 2. The van der Waals surface area contributed by atoms with Crippen LogP contribution in [0.25, 0.3) is 0 Å². The first-order valence-corrected chi connectivity index (χ1v) is 9.72. The zero-order valence-corrected chi connectivity index (χ0v) is 15.7. The van der Waals surface area contributed by atoms with Gasteiger partial charge in [-0.25, -0.2) is 4.39 Å². The minimum Gasteiger partial charge on any atom is -0.466 e. The normalized spacial score (nSPS) is 32.0. The number of alkyl halides is 1. The molecule has 0 bridgehead atoms. The fraction of sp³-hybridized carbons (Fsp3) is 0.895. The molecule has 1 aliphatic carbocycles. The second kappa shape index (κ2) is 6.86. The summed E-state index contributed by atoms with van der Waals surface area (Å²) in [6.07, 6.45) is 2.90. The maximum Gasteiger partial charge on any atom is 0.313 e. The van der Waals surface area contributed by atoms with Crippen LogP contribution in [-0.2, 0) is 14.3 Å². The van der Waals surface area contributed by atoms with E-state index >= 15 is 0 Å². The monoisotopic (exact) mass is 354 g/mol. The number of hydrogen-bond acceptors (Lipinski definition) is 4. The Bertz CT molecular complexity index is 535. The average Bonchev–Trinajstić information content (AvgIpc) is 2.82. The fourth-order valence-electron chi connectivity index (χ4n) is 4.64. The maximum atomic E-state index is 14.6. The third kappa shape index (κ3) is 3.18. The van der Waals surface area contributed by atoms with Crippen LogP contribution >= 0.6 is 0 Å². The molecule has 1 amide bonds. The standard InChI is InChI=1S/C19H31FN2O3/c1-4-25-17(24)18-7-6-10-21(16(23)19(20)8-5-9-19)11-15(18)12-22(13-18)14(2)3/h14-15H,4-13H2,1-3H3/t15-,18+/m0/s1. The van der Waals surface area contributed by atoms with Crippen molar-refractivity contribution in [1.82, 2.24) is 9.80 Å². The summed E-state index contributed by atoms with van der Waals surface area (Å²) in [4.78, 5) is 29.5. The molecule has 0 aromatic heterocycles. The largest absolute Gasteiger partial charge is 0.466 e. The van der Waals surface area contributed by atoms with Gasteiger partial charge in [-0.1, -0.05) is 0 Å². The highest BCUT2D eigenvalue weighted by Gasteiger charge is 2.56. The van der Waals surface area contributed by atoms with Gasteiger partial charge < -0.3 is 9.64 Å². The van der Waals surface area contributed by atoms with E-state index in [9.17, 15) is 14.0 Å². The molecule has 25 heavy (non-hydrogen) atoms. The first-order valence-electron chi connectivity index (χ1n) is 9.72. The molecule has 2 saturated heterocycles. The summed E-state index contributed by atoms with van der Waals surface area (Å²) >= 11 is 0. The molecule has 0 radical (unpaired) electrons. The van der Waals surface area contributed by atoms with Crippen LogP contribution in [-0.4, -0.2) is 66.2 Å². The molecular formula is C19H31FN2O3. The summed E-state index contributed by atoms with van der Waals surface area (Å²) in [6.45, 7) is 8.89. The first-order chi connectivity index (χ1) is 11.8. The SMILES string of the molecule is CCOC(=O)[C@@]12CCCN(C(=O)C3(F)CCC3)C[C@H]1CN(C(C)C)C2. The zero-order chi connectivity index (χ0) is 18.2. The van der Waals surface area contributed by atoms with Gasteiger partial charge in [0.05, 0.1) is 12.0 Å². The molecule has 6 heteroatoms. The lowest BCUT2D eigenvalue weighted by molar-refractivity contribution is -0.158.